The van der Waals surface area contributed by atoms with Crippen LogP contribution in [0.3, 0.4) is 0 Å². The van der Waals surface area contributed by atoms with Gasteiger partial charge in [0.1, 0.15) is 0 Å². The van der Waals surface area contributed by atoms with Gasteiger partial charge < -0.3 is 10.2 Å². The average molecular weight is 338 g/mol. The fourth-order valence-corrected chi connectivity index (χ4v) is 3.41. The Labute approximate surface area is 146 Å². The number of aromatic nitrogens is 1. The van der Waals surface area contributed by atoms with Gasteiger partial charge >= 0.3 is 0 Å². The second-order valence-electron chi connectivity index (χ2n) is 5.64. The van der Waals surface area contributed by atoms with Crippen molar-refractivity contribution in [2.45, 2.75) is 13.0 Å². The lowest BCUT2D eigenvalue weighted by Gasteiger charge is -2.22. The van der Waals surface area contributed by atoms with Crippen LogP contribution in [0.15, 0.2) is 59.0 Å². The van der Waals surface area contributed by atoms with Crippen LogP contribution in [-0.2, 0) is 13.0 Å². The molecule has 3 aromatic rings. The Kier molecular flexibility index (Phi) is 5.43. The maximum absolute atomic E-state index is 4.51. The van der Waals surface area contributed by atoms with E-state index in [1.165, 1.54) is 10.4 Å². The molecule has 0 saturated heterocycles. The van der Waals surface area contributed by atoms with E-state index >= 15 is 0 Å². The van der Waals surface area contributed by atoms with Crippen molar-refractivity contribution in [2.75, 3.05) is 20.6 Å². The molecule has 1 N–H and O–H groups in total. The molecule has 2 aromatic heterocycles. The molecule has 5 heteroatoms. The van der Waals surface area contributed by atoms with Crippen LogP contribution in [0, 0.1) is 0 Å². The van der Waals surface area contributed by atoms with Gasteiger partial charge in [-0.05, 0) is 29.5 Å². The standard InChI is InChI=1S/C19H22N4S/c1-20-19(23(2)12-10-17-9-5-13-24-17)22-14-16-7-3-6-15-8-4-11-21-18(15)16/h3-9,11,13H,10,12,14H2,1-2H3,(H,20,22). The smallest absolute Gasteiger partial charge is 0.193 e. The first-order valence-electron chi connectivity index (χ1n) is 8.04. The van der Waals surface area contributed by atoms with Gasteiger partial charge in [-0.1, -0.05) is 30.3 Å². The van der Waals surface area contributed by atoms with Crippen LogP contribution in [0.1, 0.15) is 10.4 Å². The van der Waals surface area contributed by atoms with Crippen molar-refractivity contribution < 1.29 is 0 Å². The largest absolute Gasteiger partial charge is 0.352 e. The van der Waals surface area contributed by atoms with Gasteiger partial charge in [0.25, 0.3) is 0 Å². The van der Waals surface area contributed by atoms with Crippen molar-refractivity contribution >= 4 is 28.2 Å². The number of likely N-dealkylation sites (N-methyl/N-ethyl adjacent to an activating group) is 1. The number of aliphatic imine (C=N–C) groups is 1. The molecule has 0 spiro atoms. The summed E-state index contributed by atoms with van der Waals surface area (Å²) in [6.07, 6.45) is 2.87. The van der Waals surface area contributed by atoms with Crippen LogP contribution in [-0.4, -0.2) is 36.5 Å². The van der Waals surface area contributed by atoms with E-state index in [0.29, 0.717) is 6.54 Å². The van der Waals surface area contributed by atoms with Gasteiger partial charge in [-0.3, -0.25) is 9.98 Å². The number of pyridine rings is 1. The van der Waals surface area contributed by atoms with Gasteiger partial charge in [-0.25, -0.2) is 0 Å². The first-order chi connectivity index (χ1) is 11.8. The summed E-state index contributed by atoms with van der Waals surface area (Å²) in [6.45, 7) is 1.65. The van der Waals surface area contributed by atoms with Crippen molar-refractivity contribution in [3.63, 3.8) is 0 Å². The highest BCUT2D eigenvalue weighted by Crippen LogP contribution is 2.15. The summed E-state index contributed by atoms with van der Waals surface area (Å²) in [6, 6.07) is 14.6. The topological polar surface area (TPSA) is 40.5 Å². The SMILES string of the molecule is CN=C(NCc1cccc2cccnc12)N(C)CCc1cccs1. The minimum atomic E-state index is 0.713. The summed E-state index contributed by atoms with van der Waals surface area (Å²) in [7, 11) is 3.90. The maximum Gasteiger partial charge on any atom is 0.193 e. The Hall–Kier alpha value is -2.40. The van der Waals surface area contributed by atoms with Crippen LogP contribution in [0.4, 0.5) is 0 Å². The van der Waals surface area contributed by atoms with E-state index in [2.05, 4.69) is 69.0 Å². The molecule has 3 rings (SSSR count). The number of guanidine groups is 1. The quantitative estimate of drug-likeness (QED) is 0.571. The highest BCUT2D eigenvalue weighted by molar-refractivity contribution is 7.09. The molecule has 0 amide bonds. The van der Waals surface area contributed by atoms with Crippen molar-refractivity contribution in [2.24, 2.45) is 4.99 Å². The van der Waals surface area contributed by atoms with Crippen molar-refractivity contribution in [1.82, 2.24) is 15.2 Å². The molecule has 0 aliphatic heterocycles. The summed E-state index contributed by atoms with van der Waals surface area (Å²) in [4.78, 5) is 12.5. The molecule has 0 saturated carbocycles. The third kappa shape index (κ3) is 3.92. The number of fused-ring (bicyclic) bond motifs is 1. The van der Waals surface area contributed by atoms with Crippen molar-refractivity contribution in [1.29, 1.82) is 0 Å². The van der Waals surface area contributed by atoms with E-state index in [-0.39, 0.29) is 0 Å². The number of thiophene rings is 1. The highest BCUT2D eigenvalue weighted by Gasteiger charge is 2.08. The zero-order valence-corrected chi connectivity index (χ0v) is 14.9. The Morgan fingerprint density at radius 3 is 2.88 bits per heavy atom. The monoisotopic (exact) mass is 338 g/mol. The number of nitrogens with zero attached hydrogens (tertiary/aromatic N) is 3. The van der Waals surface area contributed by atoms with E-state index in [1.54, 1.807) is 11.3 Å². The molecule has 0 bridgehead atoms. The first kappa shape index (κ1) is 16.5. The Morgan fingerprint density at radius 1 is 1.21 bits per heavy atom. The van der Waals surface area contributed by atoms with E-state index in [4.69, 9.17) is 0 Å². The summed E-state index contributed by atoms with van der Waals surface area (Å²) >= 11 is 1.80. The minimum absolute atomic E-state index is 0.713. The summed E-state index contributed by atoms with van der Waals surface area (Å²) in [5, 5.41) is 6.73. The second kappa shape index (κ2) is 7.93. The Morgan fingerprint density at radius 2 is 2.08 bits per heavy atom. The molecule has 4 nitrogen and oxygen atoms in total. The lowest BCUT2D eigenvalue weighted by molar-refractivity contribution is 0.486. The summed E-state index contributed by atoms with van der Waals surface area (Å²) in [5.74, 6) is 0.902. The zero-order valence-electron chi connectivity index (χ0n) is 14.1. The summed E-state index contributed by atoms with van der Waals surface area (Å²) < 4.78 is 0. The fourth-order valence-electron chi connectivity index (χ4n) is 2.71. The van der Waals surface area contributed by atoms with E-state index in [1.807, 2.05) is 19.3 Å². The molecule has 2 heterocycles. The predicted octanol–water partition coefficient (Wildman–Crippen LogP) is 3.55. The lowest BCUT2D eigenvalue weighted by atomic mass is 10.1. The molecule has 0 atom stereocenters. The normalized spacial score (nSPS) is 11.7. The van der Waals surface area contributed by atoms with Gasteiger partial charge in [0, 0.05) is 43.6 Å². The van der Waals surface area contributed by atoms with Gasteiger partial charge in [-0.2, -0.15) is 0 Å². The third-order valence-electron chi connectivity index (χ3n) is 4.00. The van der Waals surface area contributed by atoms with Crippen LogP contribution in [0.25, 0.3) is 10.9 Å². The van der Waals surface area contributed by atoms with Crippen LogP contribution >= 0.6 is 11.3 Å². The van der Waals surface area contributed by atoms with Gasteiger partial charge in [0.2, 0.25) is 0 Å². The minimum Gasteiger partial charge on any atom is -0.352 e. The number of para-hydroxylation sites is 1. The van der Waals surface area contributed by atoms with Crippen molar-refractivity contribution in [3.8, 4) is 0 Å². The van der Waals surface area contributed by atoms with E-state index in [0.717, 1.165) is 29.8 Å². The molecule has 24 heavy (non-hydrogen) atoms. The average Bonchev–Trinajstić information content (AvgIpc) is 3.14. The van der Waals surface area contributed by atoms with Gasteiger partial charge in [0.05, 0.1) is 5.52 Å². The molecule has 0 radical (unpaired) electrons. The van der Waals surface area contributed by atoms with Crippen molar-refractivity contribution in [3.05, 3.63) is 64.5 Å². The number of hydrogen-bond donors (Lipinski definition) is 1. The zero-order chi connectivity index (χ0) is 16.8. The predicted molar refractivity (Wildman–Crippen MR) is 103 cm³/mol. The fraction of sp³-hybridized carbons (Fsp3) is 0.263. The Balaban J connectivity index is 1.63. The number of benzene rings is 1. The van der Waals surface area contributed by atoms with Gasteiger partial charge in [0.15, 0.2) is 5.96 Å². The van der Waals surface area contributed by atoms with E-state index < -0.39 is 0 Å². The molecule has 0 aliphatic carbocycles. The van der Waals surface area contributed by atoms with Crippen LogP contribution in [0.5, 0.6) is 0 Å². The Bertz CT molecular complexity index is 806. The molecule has 0 fully saturated rings. The highest BCUT2D eigenvalue weighted by atomic mass is 32.1. The summed E-state index contributed by atoms with van der Waals surface area (Å²) in [5.41, 5.74) is 2.23. The third-order valence-corrected chi connectivity index (χ3v) is 4.94. The van der Waals surface area contributed by atoms with E-state index in [9.17, 15) is 0 Å². The number of nitrogens with one attached hydrogen (secondary N) is 1. The van der Waals surface area contributed by atoms with Gasteiger partial charge in [-0.15, -0.1) is 11.3 Å². The molecule has 124 valence electrons. The maximum atomic E-state index is 4.51. The van der Waals surface area contributed by atoms with Crippen LogP contribution < -0.4 is 5.32 Å². The number of hydrogen-bond acceptors (Lipinski definition) is 3. The number of rotatable bonds is 5. The lowest BCUT2D eigenvalue weighted by Crippen LogP contribution is -2.39. The molecule has 0 aliphatic rings. The molecule has 0 unspecified atom stereocenters. The second-order valence-corrected chi connectivity index (χ2v) is 6.68. The first-order valence-corrected chi connectivity index (χ1v) is 8.92. The molecular weight excluding hydrogens is 316 g/mol. The molecule has 1 aromatic carbocycles. The molecular formula is C19H22N4S. The van der Waals surface area contributed by atoms with Crippen LogP contribution in [0.2, 0.25) is 0 Å².